The molecular formula is C12H7FN4O3S. The lowest BCUT2D eigenvalue weighted by Gasteiger charge is -2.03. The first-order valence-corrected chi connectivity index (χ1v) is 6.50. The van der Waals surface area contributed by atoms with Gasteiger partial charge in [0.05, 0.1) is 5.56 Å². The van der Waals surface area contributed by atoms with E-state index in [0.717, 1.165) is 17.8 Å². The van der Waals surface area contributed by atoms with Crippen LogP contribution in [0.4, 0.5) is 4.39 Å². The Hall–Kier alpha value is -2.68. The number of carbonyl (C=O) groups is 1. The molecule has 0 spiro atoms. The molecule has 3 rings (SSSR count). The van der Waals surface area contributed by atoms with Gasteiger partial charge in [-0.3, -0.25) is 0 Å². The molecule has 1 aromatic carbocycles. The molecule has 0 saturated carbocycles. The minimum atomic E-state index is -1.34. The molecule has 106 valence electrons. The molecule has 0 amide bonds. The van der Waals surface area contributed by atoms with Crippen LogP contribution in [0.1, 0.15) is 10.4 Å². The summed E-state index contributed by atoms with van der Waals surface area (Å²) in [7, 11) is 0. The first kappa shape index (κ1) is 13.3. The molecule has 0 atom stereocenters. The van der Waals surface area contributed by atoms with Gasteiger partial charge in [-0.15, -0.1) is 0 Å². The Morgan fingerprint density at radius 1 is 1.38 bits per heavy atom. The predicted octanol–water partition coefficient (Wildman–Crippen LogP) is 1.41. The average Bonchev–Trinajstić information content (AvgIpc) is 2.82. The number of nitrogens with zero attached hydrogens (tertiary/aromatic N) is 3. The van der Waals surface area contributed by atoms with Crippen LogP contribution in [0.5, 0.6) is 0 Å². The van der Waals surface area contributed by atoms with Gasteiger partial charge in [0.25, 0.3) is 0 Å². The van der Waals surface area contributed by atoms with E-state index in [1.165, 1.54) is 22.9 Å². The number of halogens is 1. The Bertz CT molecular complexity index is 905. The molecule has 0 unspecified atom stereocenters. The van der Waals surface area contributed by atoms with Crippen LogP contribution in [-0.2, 0) is 0 Å². The number of aromatic nitrogens is 4. The van der Waals surface area contributed by atoms with Gasteiger partial charge < -0.3 is 5.11 Å². The molecule has 9 heteroatoms. The number of hydrogen-bond donors (Lipinski definition) is 2. The number of aromatic amines is 1. The number of benzene rings is 1. The fourth-order valence-corrected chi connectivity index (χ4v) is 2.52. The maximum atomic E-state index is 13.3. The molecule has 2 heterocycles. The van der Waals surface area contributed by atoms with Crippen molar-refractivity contribution < 1.29 is 14.3 Å². The molecule has 0 aliphatic carbocycles. The molecule has 7 nitrogen and oxygen atoms in total. The Labute approximate surface area is 120 Å². The summed E-state index contributed by atoms with van der Waals surface area (Å²) in [6, 6.07) is 5.33. The van der Waals surface area contributed by atoms with Crippen LogP contribution in [0.25, 0.3) is 5.65 Å². The lowest BCUT2D eigenvalue weighted by atomic mass is 10.2. The van der Waals surface area contributed by atoms with E-state index in [1.54, 1.807) is 6.07 Å². The van der Waals surface area contributed by atoms with Crippen molar-refractivity contribution in [3.63, 3.8) is 0 Å². The summed E-state index contributed by atoms with van der Waals surface area (Å²) in [5.41, 5.74) is -0.417. The molecule has 0 radical (unpaired) electrons. The summed E-state index contributed by atoms with van der Waals surface area (Å²) in [6.07, 6.45) is 1.31. The number of H-pyrrole nitrogens is 1. The minimum absolute atomic E-state index is 0.387. The van der Waals surface area contributed by atoms with Gasteiger partial charge in [-0.1, -0.05) is 11.8 Å². The maximum absolute atomic E-state index is 13.3. The molecule has 0 bridgehead atoms. The highest BCUT2D eigenvalue weighted by atomic mass is 32.2. The fraction of sp³-hybridized carbons (Fsp3) is 0. The van der Waals surface area contributed by atoms with Crippen molar-refractivity contribution in [2.75, 3.05) is 0 Å². The van der Waals surface area contributed by atoms with Gasteiger partial charge in [-0.2, -0.15) is 5.10 Å². The van der Waals surface area contributed by atoms with Gasteiger partial charge in [0.15, 0.2) is 5.65 Å². The van der Waals surface area contributed by atoms with Crippen molar-refractivity contribution in [2.24, 2.45) is 0 Å². The molecule has 0 aliphatic rings. The molecule has 2 aromatic heterocycles. The zero-order valence-electron chi connectivity index (χ0n) is 10.3. The third kappa shape index (κ3) is 2.50. The Morgan fingerprint density at radius 3 is 2.95 bits per heavy atom. The van der Waals surface area contributed by atoms with E-state index in [9.17, 15) is 14.0 Å². The molecular weight excluding hydrogens is 299 g/mol. The van der Waals surface area contributed by atoms with Gasteiger partial charge in [-0.05, 0) is 18.2 Å². The highest BCUT2D eigenvalue weighted by Gasteiger charge is 2.12. The highest BCUT2D eigenvalue weighted by molar-refractivity contribution is 7.99. The van der Waals surface area contributed by atoms with Crippen molar-refractivity contribution in [3.8, 4) is 0 Å². The lowest BCUT2D eigenvalue weighted by Crippen LogP contribution is -2.09. The van der Waals surface area contributed by atoms with E-state index in [1.807, 2.05) is 0 Å². The quantitative estimate of drug-likeness (QED) is 0.710. The fourth-order valence-electron chi connectivity index (χ4n) is 1.70. The summed E-state index contributed by atoms with van der Waals surface area (Å²) < 4.78 is 14.5. The number of hydrogen-bond acceptors (Lipinski definition) is 5. The second kappa shape index (κ2) is 5.02. The first-order valence-electron chi connectivity index (χ1n) is 5.68. The number of fused-ring (bicyclic) bond motifs is 1. The summed E-state index contributed by atoms with van der Waals surface area (Å²) in [5.74, 6) is -2.13. The molecule has 0 aliphatic heterocycles. The topological polar surface area (TPSA) is 100 Å². The summed E-state index contributed by atoms with van der Waals surface area (Å²) in [4.78, 5) is 26.8. The average molecular weight is 306 g/mol. The Morgan fingerprint density at radius 2 is 2.19 bits per heavy atom. The van der Waals surface area contributed by atoms with Crippen LogP contribution < -0.4 is 5.69 Å². The van der Waals surface area contributed by atoms with Gasteiger partial charge in [0.1, 0.15) is 17.2 Å². The zero-order chi connectivity index (χ0) is 15.0. The molecule has 3 aromatic rings. The van der Waals surface area contributed by atoms with Crippen molar-refractivity contribution in [2.45, 2.75) is 9.92 Å². The smallest absolute Gasteiger partial charge is 0.348 e. The van der Waals surface area contributed by atoms with Crippen molar-refractivity contribution in [1.29, 1.82) is 0 Å². The lowest BCUT2D eigenvalue weighted by molar-refractivity contribution is 0.0691. The highest BCUT2D eigenvalue weighted by Crippen LogP contribution is 2.27. The van der Waals surface area contributed by atoms with Gasteiger partial charge in [-0.25, -0.2) is 28.5 Å². The van der Waals surface area contributed by atoms with Crippen LogP contribution in [0.15, 0.2) is 45.3 Å². The molecule has 2 N–H and O–H groups in total. The molecule has 21 heavy (non-hydrogen) atoms. The van der Waals surface area contributed by atoms with Crippen molar-refractivity contribution >= 4 is 23.4 Å². The largest absolute Gasteiger partial charge is 0.478 e. The van der Waals surface area contributed by atoms with Crippen molar-refractivity contribution in [3.05, 3.63) is 52.5 Å². The maximum Gasteiger partial charge on any atom is 0.348 e. The van der Waals surface area contributed by atoms with Crippen LogP contribution in [0.3, 0.4) is 0 Å². The van der Waals surface area contributed by atoms with E-state index in [0.29, 0.717) is 15.6 Å². The standard InChI is InChI=1S/C12H7FN4O3S/c13-8-2-1-6(3-7(8)11(18)19)21-10-4-9-15-16-12(20)17(9)5-14-10/h1-5H,(H,16,20)(H,18,19). The van der Waals surface area contributed by atoms with Crippen LogP contribution in [0, 0.1) is 5.82 Å². The molecule has 0 saturated heterocycles. The minimum Gasteiger partial charge on any atom is -0.478 e. The number of carboxylic acids is 1. The van der Waals surface area contributed by atoms with E-state index in [4.69, 9.17) is 5.11 Å². The normalized spacial score (nSPS) is 10.9. The van der Waals surface area contributed by atoms with E-state index in [2.05, 4.69) is 15.2 Å². The third-order valence-corrected chi connectivity index (χ3v) is 3.60. The van der Waals surface area contributed by atoms with Crippen LogP contribution >= 0.6 is 11.8 Å². The van der Waals surface area contributed by atoms with Crippen LogP contribution in [0.2, 0.25) is 0 Å². The summed E-state index contributed by atoms with van der Waals surface area (Å²) >= 11 is 1.14. The van der Waals surface area contributed by atoms with E-state index >= 15 is 0 Å². The van der Waals surface area contributed by atoms with Crippen LogP contribution in [-0.4, -0.2) is 30.7 Å². The second-order valence-corrected chi connectivity index (χ2v) is 5.13. The number of rotatable bonds is 3. The number of carboxylic acid groups (broad SMARTS) is 1. The third-order valence-electron chi connectivity index (χ3n) is 2.68. The van der Waals surface area contributed by atoms with Gasteiger partial charge in [0.2, 0.25) is 0 Å². The van der Waals surface area contributed by atoms with Gasteiger partial charge >= 0.3 is 11.7 Å². The van der Waals surface area contributed by atoms with E-state index in [-0.39, 0.29) is 0 Å². The zero-order valence-corrected chi connectivity index (χ0v) is 11.1. The Kier molecular flexibility index (Phi) is 3.18. The Balaban J connectivity index is 1.96. The first-order chi connectivity index (χ1) is 10.0. The van der Waals surface area contributed by atoms with E-state index < -0.39 is 23.0 Å². The number of nitrogens with one attached hydrogen (secondary N) is 1. The second-order valence-electron chi connectivity index (χ2n) is 4.03. The number of aromatic carboxylic acids is 1. The summed E-state index contributed by atoms with van der Waals surface area (Å²) in [6.45, 7) is 0. The molecule has 0 fully saturated rings. The predicted molar refractivity (Wildman–Crippen MR) is 71.1 cm³/mol. The SMILES string of the molecule is O=C(O)c1cc(Sc2cc3n[nH]c(=O)n3cn2)ccc1F. The summed E-state index contributed by atoms with van der Waals surface area (Å²) in [5, 5.41) is 15.5. The van der Waals surface area contributed by atoms with Crippen molar-refractivity contribution in [1.82, 2.24) is 19.6 Å². The monoisotopic (exact) mass is 306 g/mol. The van der Waals surface area contributed by atoms with Gasteiger partial charge in [0, 0.05) is 11.0 Å².